The Bertz CT molecular complexity index is 341. The highest BCUT2D eigenvalue weighted by Crippen LogP contribution is 2.24. The highest BCUT2D eigenvalue weighted by molar-refractivity contribution is 5.36. The Morgan fingerprint density at radius 3 is 2.93 bits per heavy atom. The molecule has 0 aromatic heterocycles. The van der Waals surface area contributed by atoms with Crippen LogP contribution in [0.3, 0.4) is 0 Å². The Labute approximate surface area is 92.9 Å². The van der Waals surface area contributed by atoms with Gasteiger partial charge in [-0.3, -0.25) is 0 Å². The van der Waals surface area contributed by atoms with Crippen molar-refractivity contribution in [3.63, 3.8) is 0 Å². The van der Waals surface area contributed by atoms with Crippen molar-refractivity contribution in [3.05, 3.63) is 34.9 Å². The summed E-state index contributed by atoms with van der Waals surface area (Å²) in [5, 5.41) is 3.52. The average molecular weight is 203 g/mol. The van der Waals surface area contributed by atoms with Crippen LogP contribution in [0.25, 0.3) is 0 Å². The molecule has 15 heavy (non-hydrogen) atoms. The van der Waals surface area contributed by atoms with Crippen LogP contribution in [0.2, 0.25) is 0 Å². The minimum atomic E-state index is 0.529. The maximum Gasteiger partial charge on any atom is 0.0294 e. The molecule has 0 radical (unpaired) electrons. The van der Waals surface area contributed by atoms with E-state index in [0.717, 1.165) is 12.5 Å². The highest BCUT2D eigenvalue weighted by atomic mass is 14.9. The van der Waals surface area contributed by atoms with Crippen molar-refractivity contribution in [2.24, 2.45) is 5.92 Å². The molecule has 0 saturated carbocycles. The minimum absolute atomic E-state index is 0.529. The van der Waals surface area contributed by atoms with Crippen molar-refractivity contribution in [1.82, 2.24) is 5.32 Å². The summed E-state index contributed by atoms with van der Waals surface area (Å²) in [5.74, 6) is 0.745. The molecule has 0 amide bonds. The first kappa shape index (κ1) is 10.7. The van der Waals surface area contributed by atoms with E-state index in [1.165, 1.54) is 29.5 Å². The van der Waals surface area contributed by atoms with Gasteiger partial charge < -0.3 is 5.32 Å². The van der Waals surface area contributed by atoms with E-state index < -0.39 is 0 Å². The summed E-state index contributed by atoms with van der Waals surface area (Å²) in [4.78, 5) is 0. The fourth-order valence-electron chi connectivity index (χ4n) is 2.41. The normalized spacial score (nSPS) is 20.4. The molecule has 1 aromatic carbocycles. The van der Waals surface area contributed by atoms with Gasteiger partial charge in [-0.1, -0.05) is 32.0 Å². The maximum absolute atomic E-state index is 3.52. The van der Waals surface area contributed by atoms with Crippen molar-refractivity contribution in [2.45, 2.75) is 39.7 Å². The SMILES string of the molecule is CC(C)Cc1ccc2c(c1)[C@H](C)NCC2. The standard InChI is InChI=1S/C14H21N/c1-10(2)8-12-4-5-13-6-7-15-11(3)14(13)9-12/h4-5,9-11,15H,6-8H2,1-3H3/t11-/m0/s1. The Morgan fingerprint density at radius 2 is 2.20 bits per heavy atom. The minimum Gasteiger partial charge on any atom is -0.310 e. The zero-order valence-electron chi connectivity index (χ0n) is 10.0. The number of nitrogens with one attached hydrogen (secondary N) is 1. The van der Waals surface area contributed by atoms with Crippen LogP contribution in [0.15, 0.2) is 18.2 Å². The van der Waals surface area contributed by atoms with E-state index in [4.69, 9.17) is 0 Å². The van der Waals surface area contributed by atoms with Crippen LogP contribution >= 0.6 is 0 Å². The molecule has 0 spiro atoms. The molecule has 0 saturated heterocycles. The average Bonchev–Trinajstić information content (AvgIpc) is 2.18. The molecule has 0 aliphatic carbocycles. The first-order chi connectivity index (χ1) is 7.16. The van der Waals surface area contributed by atoms with Gasteiger partial charge in [-0.15, -0.1) is 0 Å². The van der Waals surface area contributed by atoms with Gasteiger partial charge in [0.2, 0.25) is 0 Å². The van der Waals surface area contributed by atoms with Crippen molar-refractivity contribution < 1.29 is 0 Å². The predicted molar refractivity (Wildman–Crippen MR) is 65.1 cm³/mol. The Balaban J connectivity index is 2.27. The quantitative estimate of drug-likeness (QED) is 0.779. The second kappa shape index (κ2) is 4.36. The Kier molecular flexibility index (Phi) is 3.11. The van der Waals surface area contributed by atoms with Crippen LogP contribution in [0.4, 0.5) is 0 Å². The monoisotopic (exact) mass is 203 g/mol. The summed E-state index contributed by atoms with van der Waals surface area (Å²) in [6.45, 7) is 7.94. The molecule has 1 heterocycles. The molecule has 1 aliphatic rings. The fraction of sp³-hybridized carbons (Fsp3) is 0.571. The fourth-order valence-corrected chi connectivity index (χ4v) is 2.41. The number of fused-ring (bicyclic) bond motifs is 1. The molecule has 1 N–H and O–H groups in total. The van der Waals surface area contributed by atoms with Gasteiger partial charge in [0.25, 0.3) is 0 Å². The lowest BCUT2D eigenvalue weighted by molar-refractivity contribution is 0.539. The number of rotatable bonds is 2. The van der Waals surface area contributed by atoms with Gasteiger partial charge in [0.05, 0.1) is 0 Å². The lowest BCUT2D eigenvalue weighted by Crippen LogP contribution is -2.27. The van der Waals surface area contributed by atoms with E-state index in [2.05, 4.69) is 44.3 Å². The summed E-state index contributed by atoms with van der Waals surface area (Å²) in [5.41, 5.74) is 4.53. The van der Waals surface area contributed by atoms with Gasteiger partial charge in [-0.05, 0) is 48.9 Å². The van der Waals surface area contributed by atoms with E-state index in [9.17, 15) is 0 Å². The van der Waals surface area contributed by atoms with Crippen molar-refractivity contribution in [2.75, 3.05) is 6.54 Å². The zero-order chi connectivity index (χ0) is 10.8. The van der Waals surface area contributed by atoms with Gasteiger partial charge in [-0.25, -0.2) is 0 Å². The van der Waals surface area contributed by atoms with Crippen LogP contribution in [0.5, 0.6) is 0 Å². The van der Waals surface area contributed by atoms with Crippen molar-refractivity contribution >= 4 is 0 Å². The first-order valence-corrected chi connectivity index (χ1v) is 6.02. The molecule has 1 atom stereocenters. The Hall–Kier alpha value is -0.820. The second-order valence-electron chi connectivity index (χ2n) is 5.06. The summed E-state index contributed by atoms with van der Waals surface area (Å²) < 4.78 is 0. The molecule has 1 heteroatoms. The molecule has 1 aromatic rings. The molecule has 0 unspecified atom stereocenters. The molecule has 1 aliphatic heterocycles. The first-order valence-electron chi connectivity index (χ1n) is 6.02. The molecule has 0 bridgehead atoms. The largest absolute Gasteiger partial charge is 0.310 e. The molecule has 0 fully saturated rings. The zero-order valence-corrected chi connectivity index (χ0v) is 10.0. The van der Waals surface area contributed by atoms with Gasteiger partial charge in [0.15, 0.2) is 0 Å². The van der Waals surface area contributed by atoms with E-state index in [0.29, 0.717) is 6.04 Å². The maximum atomic E-state index is 3.52. The van der Waals surface area contributed by atoms with Gasteiger partial charge in [0.1, 0.15) is 0 Å². The molecular formula is C14H21N. The predicted octanol–water partition coefficient (Wildman–Crippen LogP) is 3.09. The van der Waals surface area contributed by atoms with E-state index in [-0.39, 0.29) is 0 Å². The second-order valence-corrected chi connectivity index (χ2v) is 5.06. The van der Waals surface area contributed by atoms with E-state index in [1.807, 2.05) is 0 Å². The third-order valence-electron chi connectivity index (χ3n) is 3.17. The van der Waals surface area contributed by atoms with E-state index >= 15 is 0 Å². The summed E-state index contributed by atoms with van der Waals surface area (Å²) in [7, 11) is 0. The molecule has 82 valence electrons. The van der Waals surface area contributed by atoms with Gasteiger partial charge in [-0.2, -0.15) is 0 Å². The van der Waals surface area contributed by atoms with Crippen LogP contribution < -0.4 is 5.32 Å². The summed E-state index contributed by atoms with van der Waals surface area (Å²) in [6, 6.07) is 7.55. The van der Waals surface area contributed by atoms with Gasteiger partial charge >= 0.3 is 0 Å². The lowest BCUT2D eigenvalue weighted by atomic mass is 9.91. The van der Waals surface area contributed by atoms with Crippen LogP contribution in [0, 0.1) is 5.92 Å². The van der Waals surface area contributed by atoms with Crippen LogP contribution in [-0.2, 0) is 12.8 Å². The highest BCUT2D eigenvalue weighted by Gasteiger charge is 2.15. The Morgan fingerprint density at radius 1 is 1.40 bits per heavy atom. The van der Waals surface area contributed by atoms with Crippen LogP contribution in [-0.4, -0.2) is 6.54 Å². The number of hydrogen-bond donors (Lipinski definition) is 1. The van der Waals surface area contributed by atoms with Crippen molar-refractivity contribution in [3.8, 4) is 0 Å². The number of hydrogen-bond acceptors (Lipinski definition) is 1. The lowest BCUT2D eigenvalue weighted by Gasteiger charge is -2.24. The molecular weight excluding hydrogens is 182 g/mol. The third kappa shape index (κ3) is 2.40. The van der Waals surface area contributed by atoms with Gasteiger partial charge in [0, 0.05) is 6.04 Å². The smallest absolute Gasteiger partial charge is 0.0294 e. The summed E-state index contributed by atoms with van der Waals surface area (Å²) >= 11 is 0. The topological polar surface area (TPSA) is 12.0 Å². The molecule has 2 rings (SSSR count). The summed E-state index contributed by atoms with van der Waals surface area (Å²) in [6.07, 6.45) is 2.38. The third-order valence-corrected chi connectivity index (χ3v) is 3.17. The van der Waals surface area contributed by atoms with E-state index in [1.54, 1.807) is 0 Å². The van der Waals surface area contributed by atoms with Crippen molar-refractivity contribution in [1.29, 1.82) is 0 Å². The molecule has 1 nitrogen and oxygen atoms in total. The number of benzene rings is 1. The van der Waals surface area contributed by atoms with Crippen LogP contribution in [0.1, 0.15) is 43.5 Å².